The molecular weight excluding hydrogens is 387 g/mol. The van der Waals surface area contributed by atoms with Crippen LogP contribution in [-0.4, -0.2) is 27.0 Å². The average molecular weight is 409 g/mol. The number of hydrogen-bond acceptors (Lipinski definition) is 4. The number of halogens is 1. The van der Waals surface area contributed by atoms with Gasteiger partial charge in [0.05, 0.1) is 23.0 Å². The fourth-order valence-electron chi connectivity index (χ4n) is 3.25. The molecule has 0 N–H and O–H groups in total. The lowest BCUT2D eigenvalue weighted by molar-refractivity contribution is -0.118. The van der Waals surface area contributed by atoms with E-state index < -0.39 is 0 Å². The van der Waals surface area contributed by atoms with Gasteiger partial charge in [0.2, 0.25) is 5.91 Å². The Hall–Kier alpha value is -3.06. The maximum Gasteiger partial charge on any atom is 0.233 e. The Morgan fingerprint density at radius 3 is 2.93 bits per heavy atom. The summed E-state index contributed by atoms with van der Waals surface area (Å²) in [5.74, 6) is -0.314. The smallest absolute Gasteiger partial charge is 0.233 e. The van der Waals surface area contributed by atoms with Crippen LogP contribution in [-0.2, 0) is 17.8 Å². The van der Waals surface area contributed by atoms with Crippen molar-refractivity contribution in [1.82, 2.24) is 14.5 Å². The summed E-state index contributed by atoms with van der Waals surface area (Å²) in [6.07, 6.45) is 6.47. The van der Waals surface area contributed by atoms with Crippen molar-refractivity contribution >= 4 is 32.6 Å². The minimum Gasteiger partial charge on any atom is -0.337 e. The molecule has 0 bridgehead atoms. The SMILES string of the molecule is Cc1cccc(CC(=O)N(CCCn2ccnc2)c2nc3ccc(F)cc3s2)c1. The Labute approximate surface area is 172 Å². The summed E-state index contributed by atoms with van der Waals surface area (Å²) in [6, 6.07) is 12.5. The van der Waals surface area contributed by atoms with Crippen molar-refractivity contribution in [2.45, 2.75) is 26.3 Å². The molecule has 0 aliphatic rings. The van der Waals surface area contributed by atoms with Gasteiger partial charge in [-0.25, -0.2) is 14.4 Å². The van der Waals surface area contributed by atoms with Crippen LogP contribution in [0.5, 0.6) is 0 Å². The zero-order valence-electron chi connectivity index (χ0n) is 16.1. The van der Waals surface area contributed by atoms with E-state index >= 15 is 0 Å². The van der Waals surface area contributed by atoms with Gasteiger partial charge < -0.3 is 4.57 Å². The van der Waals surface area contributed by atoms with E-state index in [1.807, 2.05) is 42.0 Å². The standard InChI is InChI=1S/C22H21FN4OS/c1-16-4-2-5-17(12-16)13-21(28)27(10-3-9-26-11-8-24-15-26)22-25-19-7-6-18(23)14-20(19)29-22/h2,4-8,11-12,14-15H,3,9-10,13H2,1H3. The Kier molecular flexibility index (Phi) is 5.67. The third-order valence-electron chi connectivity index (χ3n) is 4.67. The summed E-state index contributed by atoms with van der Waals surface area (Å²) >= 11 is 1.34. The Balaban J connectivity index is 1.57. The number of amides is 1. The lowest BCUT2D eigenvalue weighted by Gasteiger charge is -2.20. The molecule has 0 saturated carbocycles. The van der Waals surface area contributed by atoms with Crippen LogP contribution in [0.4, 0.5) is 9.52 Å². The van der Waals surface area contributed by atoms with Gasteiger partial charge in [0.25, 0.3) is 0 Å². The molecule has 2 aromatic carbocycles. The van der Waals surface area contributed by atoms with Gasteiger partial charge in [-0.05, 0) is 37.1 Å². The van der Waals surface area contributed by atoms with E-state index in [-0.39, 0.29) is 11.7 Å². The number of nitrogens with zero attached hydrogens (tertiary/aromatic N) is 4. The molecule has 2 aromatic heterocycles. The number of anilines is 1. The number of fused-ring (bicyclic) bond motifs is 1. The monoisotopic (exact) mass is 408 g/mol. The van der Waals surface area contributed by atoms with Crippen LogP contribution in [0.3, 0.4) is 0 Å². The first-order valence-electron chi connectivity index (χ1n) is 9.46. The fraction of sp³-hybridized carbons (Fsp3) is 0.227. The summed E-state index contributed by atoms with van der Waals surface area (Å²) in [5.41, 5.74) is 2.80. The lowest BCUT2D eigenvalue weighted by Crippen LogP contribution is -2.33. The van der Waals surface area contributed by atoms with Gasteiger partial charge in [0.15, 0.2) is 5.13 Å². The molecule has 0 saturated heterocycles. The number of rotatable bonds is 7. The molecular formula is C22H21FN4OS. The largest absolute Gasteiger partial charge is 0.337 e. The first-order chi connectivity index (χ1) is 14.1. The highest BCUT2D eigenvalue weighted by Crippen LogP contribution is 2.30. The van der Waals surface area contributed by atoms with Gasteiger partial charge in [0, 0.05) is 25.5 Å². The summed E-state index contributed by atoms with van der Waals surface area (Å²) < 4.78 is 16.3. The van der Waals surface area contributed by atoms with Crippen molar-refractivity contribution in [1.29, 1.82) is 0 Å². The zero-order valence-corrected chi connectivity index (χ0v) is 16.9. The van der Waals surface area contributed by atoms with Gasteiger partial charge in [-0.2, -0.15) is 0 Å². The highest BCUT2D eigenvalue weighted by Gasteiger charge is 2.20. The number of hydrogen-bond donors (Lipinski definition) is 0. The molecule has 4 aromatic rings. The third kappa shape index (κ3) is 4.68. The van der Waals surface area contributed by atoms with Gasteiger partial charge in [-0.1, -0.05) is 41.2 Å². The molecule has 0 radical (unpaired) electrons. The summed E-state index contributed by atoms with van der Waals surface area (Å²) in [7, 11) is 0. The molecule has 1 amide bonds. The van der Waals surface area contributed by atoms with E-state index in [0.29, 0.717) is 23.6 Å². The molecule has 0 unspecified atom stereocenters. The van der Waals surface area contributed by atoms with Crippen molar-refractivity contribution in [2.75, 3.05) is 11.4 Å². The van der Waals surface area contributed by atoms with Crippen molar-refractivity contribution in [3.63, 3.8) is 0 Å². The fourth-order valence-corrected chi connectivity index (χ4v) is 4.29. The highest BCUT2D eigenvalue weighted by molar-refractivity contribution is 7.22. The van der Waals surface area contributed by atoms with Crippen LogP contribution in [0.25, 0.3) is 10.2 Å². The molecule has 0 aliphatic carbocycles. The van der Waals surface area contributed by atoms with Crippen LogP contribution < -0.4 is 4.90 Å². The maximum absolute atomic E-state index is 13.6. The highest BCUT2D eigenvalue weighted by atomic mass is 32.1. The molecule has 7 heteroatoms. The number of carbonyl (C=O) groups is 1. The van der Waals surface area contributed by atoms with Crippen LogP contribution in [0.1, 0.15) is 17.5 Å². The predicted molar refractivity (Wildman–Crippen MR) is 114 cm³/mol. The molecule has 0 fully saturated rings. The van der Waals surface area contributed by atoms with Crippen molar-refractivity contribution in [2.24, 2.45) is 0 Å². The molecule has 29 heavy (non-hydrogen) atoms. The molecule has 0 atom stereocenters. The van der Waals surface area contributed by atoms with Gasteiger partial charge in [0.1, 0.15) is 5.82 Å². The minimum atomic E-state index is -0.301. The van der Waals surface area contributed by atoms with E-state index in [9.17, 15) is 9.18 Å². The minimum absolute atomic E-state index is 0.0132. The normalized spacial score (nSPS) is 11.1. The number of thiazole rings is 1. The van der Waals surface area contributed by atoms with Gasteiger partial charge >= 0.3 is 0 Å². The molecule has 2 heterocycles. The van der Waals surface area contributed by atoms with E-state index in [4.69, 9.17) is 0 Å². The second kappa shape index (κ2) is 8.53. The average Bonchev–Trinajstić information content (AvgIpc) is 3.34. The summed E-state index contributed by atoms with van der Waals surface area (Å²) in [5, 5.41) is 0.605. The first kappa shape index (κ1) is 19.3. The van der Waals surface area contributed by atoms with Gasteiger partial charge in [-0.3, -0.25) is 9.69 Å². The summed E-state index contributed by atoms with van der Waals surface area (Å²) in [4.78, 5) is 23.5. The Morgan fingerprint density at radius 2 is 2.14 bits per heavy atom. The second-order valence-corrected chi connectivity index (χ2v) is 7.98. The van der Waals surface area contributed by atoms with Gasteiger partial charge in [-0.15, -0.1) is 0 Å². The first-order valence-corrected chi connectivity index (χ1v) is 10.3. The van der Waals surface area contributed by atoms with Crippen LogP contribution in [0.2, 0.25) is 0 Å². The third-order valence-corrected chi connectivity index (χ3v) is 5.71. The van der Waals surface area contributed by atoms with Crippen molar-refractivity contribution in [3.05, 3.63) is 78.1 Å². The van der Waals surface area contributed by atoms with Crippen LogP contribution in [0.15, 0.2) is 61.2 Å². The van der Waals surface area contributed by atoms with E-state index in [1.165, 1.54) is 23.5 Å². The quantitative estimate of drug-likeness (QED) is 0.449. The number of carbonyl (C=O) groups excluding carboxylic acids is 1. The second-order valence-electron chi connectivity index (χ2n) is 6.97. The molecule has 0 aliphatic heterocycles. The number of imidazole rings is 1. The number of aryl methyl sites for hydroxylation is 2. The van der Waals surface area contributed by atoms with E-state index in [0.717, 1.165) is 28.8 Å². The topological polar surface area (TPSA) is 51.0 Å². The number of benzene rings is 2. The van der Waals surface area contributed by atoms with E-state index in [2.05, 4.69) is 9.97 Å². The Bertz CT molecular complexity index is 1120. The van der Waals surface area contributed by atoms with Crippen LogP contribution >= 0.6 is 11.3 Å². The van der Waals surface area contributed by atoms with Crippen molar-refractivity contribution in [3.8, 4) is 0 Å². The molecule has 5 nitrogen and oxygen atoms in total. The van der Waals surface area contributed by atoms with E-state index in [1.54, 1.807) is 23.5 Å². The van der Waals surface area contributed by atoms with Crippen LogP contribution in [0, 0.1) is 12.7 Å². The Morgan fingerprint density at radius 1 is 1.24 bits per heavy atom. The lowest BCUT2D eigenvalue weighted by atomic mass is 10.1. The summed E-state index contributed by atoms with van der Waals surface area (Å²) in [6.45, 7) is 3.30. The van der Waals surface area contributed by atoms with Crippen molar-refractivity contribution < 1.29 is 9.18 Å². The maximum atomic E-state index is 13.6. The molecule has 148 valence electrons. The molecule has 4 rings (SSSR count). The number of aromatic nitrogens is 3. The zero-order chi connectivity index (χ0) is 20.2. The molecule has 0 spiro atoms. The predicted octanol–water partition coefficient (Wildman–Crippen LogP) is 4.61.